The first-order chi connectivity index (χ1) is 9.74. The normalized spacial score (nSPS) is 22.6. The van der Waals surface area contributed by atoms with E-state index >= 15 is 0 Å². The van der Waals surface area contributed by atoms with Crippen LogP contribution >= 0.6 is 0 Å². The fraction of sp³-hybridized carbons (Fsp3) is 0.562. The van der Waals surface area contributed by atoms with Crippen LogP contribution in [0.4, 0.5) is 4.39 Å². The van der Waals surface area contributed by atoms with E-state index in [0.29, 0.717) is 12.6 Å². The smallest absolute Gasteiger partial charge is 0.227 e. The number of piperidine rings is 1. The number of rotatable bonds is 4. The van der Waals surface area contributed by atoms with Crippen LogP contribution in [0.2, 0.25) is 0 Å². The van der Waals surface area contributed by atoms with Gasteiger partial charge in [-0.15, -0.1) is 0 Å². The molecule has 1 aliphatic heterocycles. The second kappa shape index (κ2) is 5.92. The maximum Gasteiger partial charge on any atom is 0.227 e. The topological polar surface area (TPSA) is 32.3 Å². The maximum absolute atomic E-state index is 13.0. The summed E-state index contributed by atoms with van der Waals surface area (Å²) in [5, 5.41) is 3.30. The lowest BCUT2D eigenvalue weighted by Crippen LogP contribution is -2.43. The average Bonchev–Trinajstić information content (AvgIpc) is 3.31. The molecule has 0 radical (unpaired) electrons. The molecule has 1 aromatic rings. The molecule has 20 heavy (non-hydrogen) atoms. The average molecular weight is 276 g/mol. The molecule has 3 nitrogen and oxygen atoms in total. The second-order valence-corrected chi connectivity index (χ2v) is 5.87. The SMILES string of the molecule is O=C([C@H]1CCCNC1)N(Cc1ccc(F)cc1)C1CC1. The van der Waals surface area contributed by atoms with Crippen molar-refractivity contribution in [2.75, 3.05) is 13.1 Å². The van der Waals surface area contributed by atoms with Gasteiger partial charge in [-0.25, -0.2) is 4.39 Å². The summed E-state index contributed by atoms with van der Waals surface area (Å²) in [6.07, 6.45) is 4.27. The van der Waals surface area contributed by atoms with Gasteiger partial charge in [0.2, 0.25) is 5.91 Å². The lowest BCUT2D eigenvalue weighted by atomic mass is 9.97. The fourth-order valence-electron chi connectivity index (χ4n) is 2.86. The Balaban J connectivity index is 1.68. The van der Waals surface area contributed by atoms with Crippen LogP contribution in [0.5, 0.6) is 0 Å². The van der Waals surface area contributed by atoms with Crippen LogP contribution in [0.25, 0.3) is 0 Å². The summed E-state index contributed by atoms with van der Waals surface area (Å²) in [7, 11) is 0. The summed E-state index contributed by atoms with van der Waals surface area (Å²) in [4.78, 5) is 14.7. The minimum atomic E-state index is -0.227. The standard InChI is InChI=1S/C16H21FN2O/c17-14-5-3-12(4-6-14)11-19(15-7-8-15)16(20)13-2-1-9-18-10-13/h3-6,13,15,18H,1-2,7-11H2/t13-/m0/s1. The number of halogens is 1. The molecule has 1 amide bonds. The Morgan fingerprint density at radius 2 is 2.00 bits per heavy atom. The van der Waals surface area contributed by atoms with Crippen molar-refractivity contribution in [3.05, 3.63) is 35.6 Å². The predicted molar refractivity (Wildman–Crippen MR) is 75.6 cm³/mol. The minimum absolute atomic E-state index is 0.116. The van der Waals surface area contributed by atoms with E-state index < -0.39 is 0 Å². The molecule has 1 N–H and O–H groups in total. The molecule has 0 aromatic heterocycles. The summed E-state index contributed by atoms with van der Waals surface area (Å²) in [6.45, 7) is 2.43. The van der Waals surface area contributed by atoms with Gasteiger partial charge in [0.15, 0.2) is 0 Å². The number of benzene rings is 1. The molecule has 2 aliphatic rings. The van der Waals surface area contributed by atoms with Crippen molar-refractivity contribution in [1.29, 1.82) is 0 Å². The Labute approximate surface area is 119 Å². The van der Waals surface area contributed by atoms with E-state index in [0.717, 1.165) is 44.3 Å². The number of carbonyl (C=O) groups excluding carboxylic acids is 1. The Morgan fingerprint density at radius 3 is 2.60 bits per heavy atom. The molecule has 1 atom stereocenters. The first-order valence-electron chi connectivity index (χ1n) is 7.49. The fourth-order valence-corrected chi connectivity index (χ4v) is 2.86. The minimum Gasteiger partial charge on any atom is -0.335 e. The van der Waals surface area contributed by atoms with Gasteiger partial charge in [0.05, 0.1) is 5.92 Å². The van der Waals surface area contributed by atoms with E-state index in [1.807, 2.05) is 4.90 Å². The van der Waals surface area contributed by atoms with Gasteiger partial charge in [-0.2, -0.15) is 0 Å². The van der Waals surface area contributed by atoms with Crippen LogP contribution in [-0.2, 0) is 11.3 Å². The van der Waals surface area contributed by atoms with E-state index in [9.17, 15) is 9.18 Å². The summed E-state index contributed by atoms with van der Waals surface area (Å²) in [5.41, 5.74) is 1.01. The highest BCUT2D eigenvalue weighted by Crippen LogP contribution is 2.30. The van der Waals surface area contributed by atoms with Crippen LogP contribution < -0.4 is 5.32 Å². The Morgan fingerprint density at radius 1 is 1.25 bits per heavy atom. The number of carbonyl (C=O) groups is 1. The third-order valence-corrected chi connectivity index (χ3v) is 4.18. The van der Waals surface area contributed by atoms with Gasteiger partial charge in [0, 0.05) is 19.1 Å². The van der Waals surface area contributed by atoms with Crippen molar-refractivity contribution < 1.29 is 9.18 Å². The Kier molecular flexibility index (Phi) is 4.01. The van der Waals surface area contributed by atoms with Crippen LogP contribution in [0.15, 0.2) is 24.3 Å². The zero-order valence-corrected chi connectivity index (χ0v) is 11.6. The van der Waals surface area contributed by atoms with Gasteiger partial charge < -0.3 is 10.2 Å². The van der Waals surface area contributed by atoms with Crippen molar-refractivity contribution >= 4 is 5.91 Å². The first kappa shape index (κ1) is 13.6. The van der Waals surface area contributed by atoms with E-state index in [1.54, 1.807) is 12.1 Å². The number of amides is 1. The summed E-state index contributed by atoms with van der Waals surface area (Å²) >= 11 is 0. The highest BCUT2D eigenvalue weighted by Gasteiger charge is 2.36. The largest absolute Gasteiger partial charge is 0.335 e. The van der Waals surface area contributed by atoms with Gasteiger partial charge in [0.1, 0.15) is 5.82 Å². The van der Waals surface area contributed by atoms with Crippen molar-refractivity contribution in [3.63, 3.8) is 0 Å². The number of nitrogens with zero attached hydrogens (tertiary/aromatic N) is 1. The molecule has 4 heteroatoms. The molecular weight excluding hydrogens is 255 g/mol. The molecule has 1 aliphatic carbocycles. The van der Waals surface area contributed by atoms with Crippen LogP contribution in [0.1, 0.15) is 31.2 Å². The van der Waals surface area contributed by atoms with Gasteiger partial charge in [-0.05, 0) is 49.9 Å². The highest BCUT2D eigenvalue weighted by atomic mass is 19.1. The maximum atomic E-state index is 13.0. The molecule has 1 heterocycles. The number of hydrogen-bond acceptors (Lipinski definition) is 2. The lowest BCUT2D eigenvalue weighted by Gasteiger charge is -2.30. The molecule has 2 fully saturated rings. The lowest BCUT2D eigenvalue weighted by molar-refractivity contribution is -0.137. The van der Waals surface area contributed by atoms with Gasteiger partial charge in [-0.1, -0.05) is 12.1 Å². The summed E-state index contributed by atoms with van der Waals surface area (Å²) in [6, 6.07) is 6.88. The van der Waals surface area contributed by atoms with E-state index in [-0.39, 0.29) is 17.6 Å². The van der Waals surface area contributed by atoms with E-state index in [1.165, 1.54) is 12.1 Å². The van der Waals surface area contributed by atoms with Crippen LogP contribution in [-0.4, -0.2) is 29.9 Å². The Bertz CT molecular complexity index is 464. The predicted octanol–water partition coefficient (Wildman–Crippen LogP) is 2.32. The monoisotopic (exact) mass is 276 g/mol. The molecule has 0 bridgehead atoms. The number of nitrogens with one attached hydrogen (secondary N) is 1. The third kappa shape index (κ3) is 3.18. The van der Waals surface area contributed by atoms with Crippen molar-refractivity contribution in [3.8, 4) is 0 Å². The zero-order chi connectivity index (χ0) is 13.9. The van der Waals surface area contributed by atoms with Gasteiger partial charge in [-0.3, -0.25) is 4.79 Å². The molecule has 108 valence electrons. The Hall–Kier alpha value is -1.42. The van der Waals surface area contributed by atoms with Gasteiger partial charge >= 0.3 is 0 Å². The second-order valence-electron chi connectivity index (χ2n) is 5.87. The highest BCUT2D eigenvalue weighted by molar-refractivity contribution is 5.79. The molecule has 0 unspecified atom stereocenters. The van der Waals surface area contributed by atoms with Crippen molar-refractivity contribution in [2.45, 2.75) is 38.3 Å². The molecule has 0 spiro atoms. The van der Waals surface area contributed by atoms with E-state index in [4.69, 9.17) is 0 Å². The van der Waals surface area contributed by atoms with Crippen molar-refractivity contribution in [1.82, 2.24) is 10.2 Å². The van der Waals surface area contributed by atoms with Crippen LogP contribution in [0.3, 0.4) is 0 Å². The first-order valence-corrected chi connectivity index (χ1v) is 7.49. The molecule has 1 aromatic carbocycles. The summed E-state index contributed by atoms with van der Waals surface area (Å²) < 4.78 is 13.0. The molecule has 1 saturated heterocycles. The van der Waals surface area contributed by atoms with Crippen molar-refractivity contribution in [2.24, 2.45) is 5.92 Å². The molecule has 3 rings (SSSR count). The van der Waals surface area contributed by atoms with Gasteiger partial charge in [0.25, 0.3) is 0 Å². The third-order valence-electron chi connectivity index (χ3n) is 4.18. The molecule has 1 saturated carbocycles. The quantitative estimate of drug-likeness (QED) is 0.915. The summed E-state index contributed by atoms with van der Waals surface area (Å²) in [5.74, 6) is 0.156. The molecular formula is C16H21FN2O. The number of hydrogen-bond donors (Lipinski definition) is 1. The van der Waals surface area contributed by atoms with Crippen LogP contribution in [0, 0.1) is 11.7 Å². The van der Waals surface area contributed by atoms with E-state index in [2.05, 4.69) is 5.32 Å². The zero-order valence-electron chi connectivity index (χ0n) is 11.6.